The van der Waals surface area contributed by atoms with Crippen molar-refractivity contribution in [2.75, 3.05) is 13.2 Å². The Hall–Kier alpha value is -2.02. The Bertz CT molecular complexity index is 474. The molecule has 0 unspecified atom stereocenters. The molecule has 0 saturated heterocycles. The number of amides is 1. The molecule has 0 aliphatic carbocycles. The van der Waals surface area contributed by atoms with Crippen LogP contribution in [0.5, 0.6) is 5.75 Å². The van der Waals surface area contributed by atoms with Crippen molar-refractivity contribution in [1.82, 2.24) is 5.01 Å². The maximum atomic E-state index is 13.2. The first-order chi connectivity index (χ1) is 9.41. The Labute approximate surface area is 115 Å². The molecule has 0 spiro atoms. The van der Waals surface area contributed by atoms with Crippen LogP contribution < -0.4 is 10.6 Å². The Morgan fingerprint density at radius 3 is 2.40 bits per heavy atom. The molecule has 110 valence electrons. The van der Waals surface area contributed by atoms with Crippen LogP contribution in [-0.2, 0) is 9.59 Å². The van der Waals surface area contributed by atoms with E-state index in [1.807, 2.05) is 0 Å². The number of hydrazine groups is 1. The predicted octanol–water partition coefficient (Wildman–Crippen LogP) is 1.42. The van der Waals surface area contributed by atoms with Crippen molar-refractivity contribution in [2.45, 2.75) is 19.8 Å². The fourth-order valence-corrected chi connectivity index (χ4v) is 1.42. The fraction of sp³-hybridized carbons (Fsp3) is 0.385. The van der Waals surface area contributed by atoms with E-state index in [1.165, 1.54) is 13.0 Å². The number of halogens is 2. The van der Waals surface area contributed by atoms with Gasteiger partial charge in [0.15, 0.2) is 17.4 Å². The summed E-state index contributed by atoms with van der Waals surface area (Å²) in [6.07, 6.45) is 0.106. The number of benzene rings is 1. The zero-order valence-corrected chi connectivity index (χ0v) is 11.1. The van der Waals surface area contributed by atoms with Gasteiger partial charge in [-0.15, -0.1) is 0 Å². The van der Waals surface area contributed by atoms with E-state index in [0.717, 1.165) is 17.1 Å². The van der Waals surface area contributed by atoms with Crippen LogP contribution >= 0.6 is 0 Å². The summed E-state index contributed by atoms with van der Waals surface area (Å²) in [6, 6.07) is 3.35. The average molecular weight is 286 g/mol. The van der Waals surface area contributed by atoms with E-state index in [2.05, 4.69) is 0 Å². The van der Waals surface area contributed by atoms with E-state index in [1.54, 1.807) is 0 Å². The summed E-state index contributed by atoms with van der Waals surface area (Å²) in [4.78, 5) is 22.2. The largest absolute Gasteiger partial charge is 0.486 e. The Balaban J connectivity index is 2.40. The lowest BCUT2D eigenvalue weighted by Crippen LogP contribution is -2.40. The molecule has 1 rings (SSSR count). The first-order valence-electron chi connectivity index (χ1n) is 6.03. The maximum absolute atomic E-state index is 13.2. The Morgan fingerprint density at radius 1 is 1.25 bits per heavy atom. The summed E-state index contributed by atoms with van der Waals surface area (Å²) in [6.45, 7) is 1.18. The highest BCUT2D eigenvalue weighted by Gasteiger charge is 2.13. The molecule has 0 heterocycles. The number of carbonyl (C=O) groups is 2. The molecule has 1 aromatic carbocycles. The molecule has 0 aromatic heterocycles. The minimum atomic E-state index is -0.823. The Morgan fingerprint density at radius 2 is 1.85 bits per heavy atom. The van der Waals surface area contributed by atoms with Crippen molar-refractivity contribution < 1.29 is 23.1 Å². The monoisotopic (exact) mass is 286 g/mol. The third-order valence-electron chi connectivity index (χ3n) is 2.51. The lowest BCUT2D eigenvalue weighted by molar-refractivity contribution is -0.133. The minimum Gasteiger partial charge on any atom is -0.486 e. The van der Waals surface area contributed by atoms with Crippen LogP contribution in [-0.4, -0.2) is 29.9 Å². The lowest BCUT2D eigenvalue weighted by Gasteiger charge is -2.17. The van der Waals surface area contributed by atoms with E-state index in [9.17, 15) is 18.4 Å². The standard InChI is InChI=1S/C13H16F2N2O3/c1-9(18)5-6-12(19)17(16)7-8-20-13-10(14)3-2-4-11(13)15/h2-4H,5-8,16H2,1H3. The van der Waals surface area contributed by atoms with Crippen molar-refractivity contribution in [3.05, 3.63) is 29.8 Å². The number of ketones is 1. The Kier molecular flexibility index (Phi) is 6.05. The van der Waals surface area contributed by atoms with Gasteiger partial charge in [0.05, 0.1) is 6.54 Å². The predicted molar refractivity (Wildman–Crippen MR) is 67.7 cm³/mol. The first-order valence-corrected chi connectivity index (χ1v) is 6.03. The molecule has 1 aromatic rings. The van der Waals surface area contributed by atoms with E-state index >= 15 is 0 Å². The molecule has 0 radical (unpaired) electrons. The molecule has 1 amide bonds. The number of nitrogens with two attached hydrogens (primary N) is 1. The molecule has 5 nitrogen and oxygen atoms in total. The zero-order valence-electron chi connectivity index (χ0n) is 11.1. The third kappa shape index (κ3) is 4.93. The molecule has 0 aliphatic heterocycles. The normalized spacial score (nSPS) is 10.2. The molecule has 7 heteroatoms. The summed E-state index contributed by atoms with van der Waals surface area (Å²) in [5.41, 5.74) is 0. The molecular weight excluding hydrogens is 270 g/mol. The second-order valence-corrected chi connectivity index (χ2v) is 4.19. The van der Waals surface area contributed by atoms with Gasteiger partial charge in [0.2, 0.25) is 5.91 Å². The number of para-hydroxylation sites is 1. The number of carbonyl (C=O) groups excluding carboxylic acids is 2. The molecule has 0 aliphatic rings. The summed E-state index contributed by atoms with van der Waals surface area (Å²) >= 11 is 0. The fourth-order valence-electron chi connectivity index (χ4n) is 1.42. The third-order valence-corrected chi connectivity index (χ3v) is 2.51. The van der Waals surface area contributed by atoms with Gasteiger partial charge >= 0.3 is 0 Å². The van der Waals surface area contributed by atoms with Gasteiger partial charge in [0.25, 0.3) is 0 Å². The first kappa shape index (κ1) is 16.0. The van der Waals surface area contributed by atoms with Gasteiger partial charge in [0, 0.05) is 12.8 Å². The van der Waals surface area contributed by atoms with Crippen LogP contribution in [0.4, 0.5) is 8.78 Å². The number of Topliss-reactive ketones (excluding diaryl/α,β-unsaturated/α-hetero) is 1. The molecule has 0 atom stereocenters. The van der Waals surface area contributed by atoms with Crippen LogP contribution in [0.1, 0.15) is 19.8 Å². The van der Waals surface area contributed by atoms with Crippen molar-refractivity contribution in [1.29, 1.82) is 0 Å². The molecule has 2 N–H and O–H groups in total. The van der Waals surface area contributed by atoms with Crippen molar-refractivity contribution in [3.63, 3.8) is 0 Å². The summed E-state index contributed by atoms with van der Waals surface area (Å²) in [7, 11) is 0. The second kappa shape index (κ2) is 7.54. The van der Waals surface area contributed by atoms with Crippen LogP contribution in [0, 0.1) is 11.6 Å². The number of hydrogen-bond acceptors (Lipinski definition) is 4. The van der Waals surface area contributed by atoms with E-state index in [4.69, 9.17) is 10.6 Å². The van der Waals surface area contributed by atoms with Gasteiger partial charge in [0.1, 0.15) is 12.4 Å². The highest BCUT2D eigenvalue weighted by Crippen LogP contribution is 2.20. The number of rotatable bonds is 7. The van der Waals surface area contributed by atoms with Gasteiger partial charge in [-0.05, 0) is 19.1 Å². The topological polar surface area (TPSA) is 72.6 Å². The molecular formula is C13H16F2N2O3. The molecule has 0 fully saturated rings. The lowest BCUT2D eigenvalue weighted by atomic mass is 10.2. The van der Waals surface area contributed by atoms with E-state index in [-0.39, 0.29) is 31.8 Å². The second-order valence-electron chi connectivity index (χ2n) is 4.19. The van der Waals surface area contributed by atoms with Crippen molar-refractivity contribution in [3.8, 4) is 5.75 Å². The van der Waals surface area contributed by atoms with Crippen molar-refractivity contribution >= 4 is 11.7 Å². The molecule has 0 bridgehead atoms. The van der Waals surface area contributed by atoms with Gasteiger partial charge in [-0.25, -0.2) is 14.6 Å². The molecule has 0 saturated carbocycles. The van der Waals surface area contributed by atoms with Gasteiger partial charge in [-0.3, -0.25) is 9.80 Å². The quantitative estimate of drug-likeness (QED) is 0.467. The summed E-state index contributed by atoms with van der Waals surface area (Å²) in [5, 5.41) is 0.863. The highest BCUT2D eigenvalue weighted by molar-refractivity contribution is 5.83. The zero-order chi connectivity index (χ0) is 15.1. The van der Waals surface area contributed by atoms with Crippen LogP contribution in [0.25, 0.3) is 0 Å². The smallest absolute Gasteiger partial charge is 0.237 e. The average Bonchev–Trinajstić information content (AvgIpc) is 2.39. The van der Waals surface area contributed by atoms with E-state index in [0.29, 0.717) is 0 Å². The van der Waals surface area contributed by atoms with Crippen LogP contribution in [0.3, 0.4) is 0 Å². The van der Waals surface area contributed by atoms with Gasteiger partial charge in [-0.1, -0.05) is 6.07 Å². The SMILES string of the molecule is CC(=O)CCC(=O)N(N)CCOc1c(F)cccc1F. The minimum absolute atomic E-state index is 0.000107. The summed E-state index contributed by atoms with van der Waals surface area (Å²) in [5.74, 6) is 2.75. The van der Waals surface area contributed by atoms with Crippen LogP contribution in [0.15, 0.2) is 18.2 Å². The number of hydrogen-bond donors (Lipinski definition) is 1. The summed E-state index contributed by atoms with van der Waals surface area (Å²) < 4.78 is 31.4. The van der Waals surface area contributed by atoms with Crippen LogP contribution in [0.2, 0.25) is 0 Å². The van der Waals surface area contributed by atoms with Crippen molar-refractivity contribution in [2.24, 2.45) is 5.84 Å². The number of ether oxygens (including phenoxy) is 1. The van der Waals surface area contributed by atoms with E-state index < -0.39 is 23.3 Å². The maximum Gasteiger partial charge on any atom is 0.237 e. The number of nitrogens with zero attached hydrogens (tertiary/aromatic N) is 1. The molecule has 20 heavy (non-hydrogen) atoms. The van der Waals surface area contributed by atoms with Gasteiger partial charge < -0.3 is 9.53 Å². The van der Waals surface area contributed by atoms with Gasteiger partial charge in [-0.2, -0.15) is 0 Å². The highest BCUT2D eigenvalue weighted by atomic mass is 19.1.